The van der Waals surface area contributed by atoms with Gasteiger partial charge < -0.3 is 24.2 Å². The summed E-state index contributed by atoms with van der Waals surface area (Å²) in [7, 11) is 1.55. The van der Waals surface area contributed by atoms with Crippen LogP contribution in [0.25, 0.3) is 6.08 Å². The molecule has 3 aromatic carbocycles. The summed E-state index contributed by atoms with van der Waals surface area (Å²) in [5.41, 5.74) is 2.54. The lowest BCUT2D eigenvalue weighted by Gasteiger charge is -2.31. The summed E-state index contributed by atoms with van der Waals surface area (Å²) in [6.45, 7) is 4.08. The van der Waals surface area contributed by atoms with Crippen molar-refractivity contribution in [1.82, 2.24) is 9.80 Å². The standard InChI is InChI=1S/C33H34N2O6/c1-39-29-22-26(13-15-28(29)41-23-25-10-6-3-7-11-25)31-30(27(36)14-12-24-8-4-2-5-9-24)32(37)33(38)35(31)17-16-34-18-20-40-21-19-34/h2-15,22,31,37H,16-21,23H2,1H3/b14-12+. The molecular formula is C33H34N2O6. The summed E-state index contributed by atoms with van der Waals surface area (Å²) < 4.78 is 17.1. The monoisotopic (exact) mass is 554 g/mol. The zero-order chi connectivity index (χ0) is 28.6. The molecule has 8 heteroatoms. The molecule has 1 fully saturated rings. The molecule has 1 amide bonds. The summed E-state index contributed by atoms with van der Waals surface area (Å²) in [5, 5.41) is 11.0. The number of hydrogen-bond donors (Lipinski definition) is 1. The molecule has 1 N–H and O–H groups in total. The van der Waals surface area contributed by atoms with Crippen LogP contribution < -0.4 is 9.47 Å². The van der Waals surface area contributed by atoms with Crippen LogP contribution in [0.2, 0.25) is 0 Å². The first-order valence-corrected chi connectivity index (χ1v) is 13.7. The van der Waals surface area contributed by atoms with Crippen molar-refractivity contribution in [3.05, 3.63) is 113 Å². The SMILES string of the molecule is COc1cc(C2C(C(=O)/C=C/c3ccccc3)=C(O)C(=O)N2CCN2CCOCC2)ccc1OCc1ccccc1. The molecule has 0 saturated carbocycles. The highest BCUT2D eigenvalue weighted by atomic mass is 16.5. The molecule has 0 radical (unpaired) electrons. The normalized spacial score (nSPS) is 17.8. The lowest BCUT2D eigenvalue weighted by molar-refractivity contribution is -0.129. The van der Waals surface area contributed by atoms with E-state index in [1.165, 1.54) is 6.08 Å². The van der Waals surface area contributed by atoms with E-state index in [9.17, 15) is 14.7 Å². The van der Waals surface area contributed by atoms with Crippen molar-refractivity contribution in [2.24, 2.45) is 0 Å². The van der Waals surface area contributed by atoms with Crippen LogP contribution in [0.1, 0.15) is 22.7 Å². The summed E-state index contributed by atoms with van der Waals surface area (Å²) >= 11 is 0. The van der Waals surface area contributed by atoms with Gasteiger partial charge in [-0.1, -0.05) is 72.8 Å². The topological polar surface area (TPSA) is 88.5 Å². The van der Waals surface area contributed by atoms with Crippen molar-refractivity contribution in [3.8, 4) is 11.5 Å². The molecule has 0 aromatic heterocycles. The van der Waals surface area contributed by atoms with E-state index >= 15 is 0 Å². The van der Waals surface area contributed by atoms with Crippen LogP contribution in [0.15, 0.2) is 96.3 Å². The first-order chi connectivity index (χ1) is 20.0. The van der Waals surface area contributed by atoms with E-state index in [0.717, 1.165) is 24.2 Å². The molecule has 8 nitrogen and oxygen atoms in total. The number of rotatable bonds is 11. The highest BCUT2D eigenvalue weighted by Gasteiger charge is 2.43. The fourth-order valence-corrected chi connectivity index (χ4v) is 5.09. The van der Waals surface area contributed by atoms with Crippen molar-refractivity contribution in [1.29, 1.82) is 0 Å². The van der Waals surface area contributed by atoms with Gasteiger partial charge in [-0.15, -0.1) is 0 Å². The Kier molecular flexibility index (Phi) is 9.13. The smallest absolute Gasteiger partial charge is 0.290 e. The third-order valence-corrected chi connectivity index (χ3v) is 7.30. The summed E-state index contributed by atoms with van der Waals surface area (Å²) in [5.74, 6) is -0.514. The highest BCUT2D eigenvalue weighted by molar-refractivity contribution is 6.14. The van der Waals surface area contributed by atoms with Crippen molar-refractivity contribution >= 4 is 17.8 Å². The van der Waals surface area contributed by atoms with E-state index in [0.29, 0.717) is 50.0 Å². The number of morpholine rings is 1. The van der Waals surface area contributed by atoms with Crippen molar-refractivity contribution in [2.45, 2.75) is 12.6 Å². The molecule has 1 unspecified atom stereocenters. The molecule has 1 atom stereocenters. The van der Waals surface area contributed by atoms with Crippen molar-refractivity contribution < 1.29 is 28.9 Å². The van der Waals surface area contributed by atoms with Crippen LogP contribution in [0.4, 0.5) is 0 Å². The number of allylic oxidation sites excluding steroid dienone is 1. The number of carbonyl (C=O) groups excluding carboxylic acids is 2. The molecule has 2 aliphatic rings. The van der Waals surface area contributed by atoms with Crippen LogP contribution in [0, 0.1) is 0 Å². The van der Waals surface area contributed by atoms with E-state index in [-0.39, 0.29) is 5.57 Å². The van der Waals surface area contributed by atoms with E-state index < -0.39 is 23.5 Å². The molecule has 0 bridgehead atoms. The zero-order valence-corrected chi connectivity index (χ0v) is 23.1. The Morgan fingerprint density at radius 2 is 1.68 bits per heavy atom. The largest absolute Gasteiger partial charge is 0.503 e. The van der Waals surface area contributed by atoms with Crippen LogP contribution in [0.5, 0.6) is 11.5 Å². The van der Waals surface area contributed by atoms with Gasteiger partial charge in [0.2, 0.25) is 0 Å². The number of amides is 1. The molecule has 2 heterocycles. The molecule has 0 spiro atoms. The summed E-state index contributed by atoms with van der Waals surface area (Å²) in [6.07, 6.45) is 3.09. The lowest BCUT2D eigenvalue weighted by Crippen LogP contribution is -2.43. The number of aliphatic hydroxyl groups is 1. The minimum Gasteiger partial charge on any atom is -0.503 e. The van der Waals surface area contributed by atoms with Crippen LogP contribution in [-0.4, -0.2) is 73.1 Å². The molecule has 212 valence electrons. The Morgan fingerprint density at radius 1 is 0.976 bits per heavy atom. The van der Waals surface area contributed by atoms with Gasteiger partial charge in [0.1, 0.15) is 6.61 Å². The molecule has 2 aliphatic heterocycles. The fraction of sp³-hybridized carbons (Fsp3) is 0.273. The molecule has 0 aliphatic carbocycles. The summed E-state index contributed by atoms with van der Waals surface area (Å²) in [4.78, 5) is 30.7. The fourth-order valence-electron chi connectivity index (χ4n) is 5.09. The average Bonchev–Trinajstić information content (AvgIpc) is 3.28. The molecule has 41 heavy (non-hydrogen) atoms. The van der Waals surface area contributed by atoms with Crippen LogP contribution >= 0.6 is 0 Å². The van der Waals surface area contributed by atoms with Gasteiger partial charge in [0.15, 0.2) is 23.0 Å². The molecular weight excluding hydrogens is 520 g/mol. The van der Waals surface area contributed by atoms with Gasteiger partial charge in [-0.05, 0) is 34.9 Å². The number of carbonyl (C=O) groups is 2. The quantitative estimate of drug-likeness (QED) is 0.347. The minimum absolute atomic E-state index is 0.0455. The van der Waals surface area contributed by atoms with Crippen LogP contribution in [0.3, 0.4) is 0 Å². The predicted molar refractivity (Wildman–Crippen MR) is 156 cm³/mol. The third-order valence-electron chi connectivity index (χ3n) is 7.30. The third kappa shape index (κ3) is 6.67. The van der Waals surface area contributed by atoms with E-state index in [1.807, 2.05) is 66.7 Å². The number of hydrogen-bond acceptors (Lipinski definition) is 7. The van der Waals surface area contributed by atoms with E-state index in [2.05, 4.69) is 4.90 Å². The lowest BCUT2D eigenvalue weighted by atomic mass is 9.95. The first kappa shape index (κ1) is 28.1. The van der Waals surface area contributed by atoms with Gasteiger partial charge in [-0.25, -0.2) is 0 Å². The Labute approximate surface area is 240 Å². The Morgan fingerprint density at radius 3 is 2.39 bits per heavy atom. The maximum atomic E-state index is 13.5. The number of aliphatic hydroxyl groups excluding tert-OH is 1. The molecule has 3 aromatic rings. The van der Waals surface area contributed by atoms with Gasteiger partial charge in [0.05, 0.1) is 31.9 Å². The van der Waals surface area contributed by atoms with Crippen molar-refractivity contribution in [3.63, 3.8) is 0 Å². The second kappa shape index (κ2) is 13.3. The van der Waals surface area contributed by atoms with Gasteiger partial charge in [0.25, 0.3) is 5.91 Å². The maximum Gasteiger partial charge on any atom is 0.290 e. The predicted octanol–water partition coefficient (Wildman–Crippen LogP) is 4.58. The number of ether oxygens (including phenoxy) is 3. The van der Waals surface area contributed by atoms with Gasteiger partial charge in [-0.2, -0.15) is 0 Å². The number of ketones is 1. The minimum atomic E-state index is -0.784. The van der Waals surface area contributed by atoms with Gasteiger partial charge >= 0.3 is 0 Å². The maximum absolute atomic E-state index is 13.5. The Bertz CT molecular complexity index is 1410. The average molecular weight is 555 g/mol. The number of methoxy groups -OCH3 is 1. The molecule has 1 saturated heterocycles. The summed E-state index contributed by atoms with van der Waals surface area (Å²) in [6, 6.07) is 23.8. The Hall–Kier alpha value is -4.40. The van der Waals surface area contributed by atoms with E-state index in [4.69, 9.17) is 14.2 Å². The molecule has 5 rings (SSSR count). The number of nitrogens with zero attached hydrogens (tertiary/aromatic N) is 2. The van der Waals surface area contributed by atoms with Gasteiger partial charge in [0, 0.05) is 26.2 Å². The zero-order valence-electron chi connectivity index (χ0n) is 23.1. The van der Waals surface area contributed by atoms with Crippen molar-refractivity contribution in [2.75, 3.05) is 46.5 Å². The second-order valence-electron chi connectivity index (χ2n) is 9.91. The highest BCUT2D eigenvalue weighted by Crippen LogP contribution is 2.41. The van der Waals surface area contributed by atoms with Crippen LogP contribution in [-0.2, 0) is 20.9 Å². The first-order valence-electron chi connectivity index (χ1n) is 13.7. The van der Waals surface area contributed by atoms with Gasteiger partial charge in [-0.3, -0.25) is 14.5 Å². The van der Waals surface area contributed by atoms with E-state index in [1.54, 1.807) is 30.2 Å². The number of benzene rings is 3. The Balaban J connectivity index is 1.44. The second-order valence-corrected chi connectivity index (χ2v) is 9.91.